The van der Waals surface area contributed by atoms with Gasteiger partial charge in [0.2, 0.25) is 0 Å². The van der Waals surface area contributed by atoms with E-state index in [1.807, 2.05) is 12.3 Å². The fraction of sp³-hybridized carbons (Fsp3) is 0.600. The molecular formula is C15H19BN2O2. The lowest BCUT2D eigenvalue weighted by molar-refractivity contribution is 0.00578. The molecule has 4 nitrogen and oxygen atoms in total. The molecule has 1 aromatic heterocycles. The Hall–Kier alpha value is -1.38. The van der Waals surface area contributed by atoms with Crippen LogP contribution in [0.2, 0.25) is 5.82 Å². The topological polar surface area (TPSA) is 55.1 Å². The maximum atomic E-state index is 8.94. The van der Waals surface area contributed by atoms with Crippen molar-refractivity contribution in [2.24, 2.45) is 0 Å². The predicted octanol–water partition coefficient (Wildman–Crippen LogP) is 2.90. The van der Waals surface area contributed by atoms with E-state index in [1.165, 1.54) is 0 Å². The molecule has 2 fully saturated rings. The van der Waals surface area contributed by atoms with E-state index in [4.69, 9.17) is 14.6 Å². The van der Waals surface area contributed by atoms with E-state index >= 15 is 0 Å². The van der Waals surface area contributed by atoms with Gasteiger partial charge in [0.1, 0.15) is 6.07 Å². The number of rotatable bonds is 2. The van der Waals surface area contributed by atoms with E-state index in [9.17, 15) is 0 Å². The number of pyridine rings is 1. The van der Waals surface area contributed by atoms with Crippen LogP contribution in [-0.4, -0.2) is 23.3 Å². The molecule has 2 aliphatic rings. The van der Waals surface area contributed by atoms with Crippen LogP contribution >= 0.6 is 0 Å². The van der Waals surface area contributed by atoms with Gasteiger partial charge in [-0.15, -0.1) is 0 Å². The highest BCUT2D eigenvalue weighted by atomic mass is 16.7. The zero-order valence-electron chi connectivity index (χ0n) is 12.4. The Morgan fingerprint density at radius 3 is 2.50 bits per heavy atom. The minimum atomic E-state index is -0.280. The minimum absolute atomic E-state index is 0.157. The van der Waals surface area contributed by atoms with Crippen molar-refractivity contribution in [3.8, 4) is 6.07 Å². The van der Waals surface area contributed by atoms with E-state index in [0.717, 1.165) is 12.0 Å². The quantitative estimate of drug-likeness (QED) is 0.775. The summed E-state index contributed by atoms with van der Waals surface area (Å²) < 4.78 is 12.2. The van der Waals surface area contributed by atoms with E-state index < -0.39 is 0 Å². The van der Waals surface area contributed by atoms with Crippen LogP contribution in [0.3, 0.4) is 0 Å². The van der Waals surface area contributed by atoms with Gasteiger partial charge in [0.15, 0.2) is 0 Å². The van der Waals surface area contributed by atoms with Crippen LogP contribution in [-0.2, 0) is 9.31 Å². The van der Waals surface area contributed by atoms with Gasteiger partial charge in [0.25, 0.3) is 0 Å². The minimum Gasteiger partial charge on any atom is -0.403 e. The molecule has 0 amide bonds. The van der Waals surface area contributed by atoms with Gasteiger partial charge in [-0.25, -0.2) is 0 Å². The summed E-state index contributed by atoms with van der Waals surface area (Å²) in [4.78, 5) is 4.13. The second-order valence-corrected chi connectivity index (χ2v) is 6.75. The number of nitrogens with zero attached hydrogens (tertiary/aromatic N) is 2. The van der Waals surface area contributed by atoms with E-state index in [1.54, 1.807) is 6.20 Å². The number of aromatic nitrogens is 1. The molecule has 0 spiro atoms. The normalized spacial score (nSPS) is 30.1. The van der Waals surface area contributed by atoms with Crippen molar-refractivity contribution >= 4 is 7.12 Å². The molecule has 0 bridgehead atoms. The van der Waals surface area contributed by atoms with E-state index in [-0.39, 0.29) is 18.3 Å². The van der Waals surface area contributed by atoms with E-state index in [2.05, 4.69) is 38.7 Å². The third-order valence-corrected chi connectivity index (χ3v) is 4.78. The summed E-state index contributed by atoms with van der Waals surface area (Å²) in [6.07, 6.45) is 4.47. The van der Waals surface area contributed by atoms with Crippen LogP contribution in [0.1, 0.15) is 51.2 Å². The molecule has 0 aromatic carbocycles. The highest BCUT2D eigenvalue weighted by Crippen LogP contribution is 2.58. The predicted molar refractivity (Wildman–Crippen MR) is 76.1 cm³/mol. The summed E-state index contributed by atoms with van der Waals surface area (Å²) >= 11 is 0. The highest BCUT2D eigenvalue weighted by molar-refractivity contribution is 6.49. The molecule has 104 valence electrons. The zero-order valence-corrected chi connectivity index (χ0v) is 12.4. The molecule has 3 rings (SSSR count). The maximum Gasteiger partial charge on any atom is 0.461 e. The Bertz CT molecular complexity index is 563. The maximum absolute atomic E-state index is 8.94. The van der Waals surface area contributed by atoms with Crippen LogP contribution in [0.4, 0.5) is 0 Å². The largest absolute Gasteiger partial charge is 0.461 e. The fourth-order valence-corrected chi connectivity index (χ4v) is 2.68. The van der Waals surface area contributed by atoms with E-state index in [0.29, 0.717) is 17.3 Å². The molecule has 0 N–H and O–H groups in total. The summed E-state index contributed by atoms with van der Waals surface area (Å²) in [5.74, 6) is 0.761. The lowest BCUT2D eigenvalue weighted by Crippen LogP contribution is -2.41. The monoisotopic (exact) mass is 270 g/mol. The summed E-state index contributed by atoms with van der Waals surface area (Å²) in [5.41, 5.74) is 1.17. The SMILES string of the molecule is CC1(C)OB(C2CC2c2cncc(C#N)c2)OC1(C)C. The third-order valence-electron chi connectivity index (χ3n) is 4.78. The smallest absolute Gasteiger partial charge is 0.403 e. The lowest BCUT2D eigenvalue weighted by atomic mass is 9.80. The van der Waals surface area contributed by atoms with Gasteiger partial charge < -0.3 is 9.31 Å². The average Bonchev–Trinajstić information content (AvgIpc) is 3.13. The molecule has 20 heavy (non-hydrogen) atoms. The van der Waals surface area contributed by atoms with Crippen molar-refractivity contribution in [1.29, 1.82) is 5.26 Å². The molecule has 0 radical (unpaired) electrons. The van der Waals surface area contributed by atoms with Crippen molar-refractivity contribution in [3.63, 3.8) is 0 Å². The van der Waals surface area contributed by atoms with Crippen LogP contribution in [0.15, 0.2) is 18.5 Å². The molecule has 2 heterocycles. The average molecular weight is 270 g/mol. The van der Waals surface area contributed by atoms with Gasteiger partial charge in [-0.3, -0.25) is 4.98 Å². The van der Waals surface area contributed by atoms with Crippen LogP contribution in [0.25, 0.3) is 0 Å². The van der Waals surface area contributed by atoms with Crippen molar-refractivity contribution in [1.82, 2.24) is 4.98 Å². The van der Waals surface area contributed by atoms with Crippen LogP contribution in [0, 0.1) is 11.3 Å². The zero-order chi connectivity index (χ0) is 14.5. The standard InChI is InChI=1S/C15H19BN2O2/c1-14(2)15(3,4)20-16(19-14)13-6-12(13)11-5-10(7-17)8-18-9-11/h5,8-9,12-13H,6H2,1-4H3. The summed E-state index contributed by atoms with van der Waals surface area (Å²) in [5, 5.41) is 8.94. The van der Waals surface area contributed by atoms with Crippen molar-refractivity contribution in [3.05, 3.63) is 29.6 Å². The lowest BCUT2D eigenvalue weighted by Gasteiger charge is -2.32. The first-order chi connectivity index (χ1) is 9.34. The van der Waals surface area contributed by atoms with Gasteiger partial charge in [-0.2, -0.15) is 5.26 Å². The number of hydrogen-bond acceptors (Lipinski definition) is 4. The molecule has 2 unspecified atom stereocenters. The molecule has 1 aliphatic heterocycles. The van der Waals surface area contributed by atoms with Crippen molar-refractivity contribution in [2.75, 3.05) is 0 Å². The van der Waals surface area contributed by atoms with Gasteiger partial charge in [-0.1, -0.05) is 0 Å². The summed E-state index contributed by atoms with van der Waals surface area (Å²) in [7, 11) is -0.157. The highest BCUT2D eigenvalue weighted by Gasteiger charge is 2.59. The van der Waals surface area contributed by atoms with Gasteiger partial charge in [0.05, 0.1) is 16.8 Å². The van der Waals surface area contributed by atoms with Crippen molar-refractivity contribution in [2.45, 2.75) is 57.1 Å². The van der Waals surface area contributed by atoms with Crippen molar-refractivity contribution < 1.29 is 9.31 Å². The summed E-state index contributed by atoms with van der Waals surface area (Å²) in [6.45, 7) is 8.29. The van der Waals surface area contributed by atoms with Gasteiger partial charge >= 0.3 is 7.12 Å². The molecule has 1 aliphatic carbocycles. The van der Waals surface area contributed by atoms with Crippen LogP contribution < -0.4 is 0 Å². The Balaban J connectivity index is 1.73. The Morgan fingerprint density at radius 1 is 1.25 bits per heavy atom. The second kappa shape index (κ2) is 4.31. The first-order valence-corrected chi connectivity index (χ1v) is 7.05. The first kappa shape index (κ1) is 13.6. The molecule has 1 aromatic rings. The Kier molecular flexibility index (Phi) is 2.93. The molecule has 5 heteroatoms. The first-order valence-electron chi connectivity index (χ1n) is 7.05. The third kappa shape index (κ3) is 2.13. The Morgan fingerprint density at radius 2 is 1.90 bits per heavy atom. The van der Waals surface area contributed by atoms with Gasteiger partial charge in [-0.05, 0) is 51.7 Å². The summed E-state index contributed by atoms with van der Waals surface area (Å²) in [6, 6.07) is 4.06. The molecule has 2 atom stereocenters. The molecule has 1 saturated heterocycles. The number of nitriles is 1. The Labute approximate surface area is 120 Å². The van der Waals surface area contributed by atoms with Crippen LogP contribution in [0.5, 0.6) is 0 Å². The van der Waals surface area contributed by atoms with Gasteiger partial charge in [0, 0.05) is 18.2 Å². The molecular weight excluding hydrogens is 251 g/mol. The second-order valence-electron chi connectivity index (χ2n) is 6.75. The molecule has 1 saturated carbocycles. The number of hydrogen-bond donors (Lipinski definition) is 0. The fourth-order valence-electron chi connectivity index (χ4n) is 2.68.